The molecule has 4 N–H and O–H groups in total. The highest BCUT2D eigenvalue weighted by molar-refractivity contribution is 14.1. The standard InChI is InChI=1S/C16H13F3IN3O4/c17-11-6-9(20)1-2-12(11)22-15-10(16(25)23-26)5-8(13(18)14(15)19)7-21-27-4-3-24/h1-2,5-7,22,24,26H,3-4H2,(H,23,25). The summed E-state index contributed by atoms with van der Waals surface area (Å²) < 4.78 is 43.4. The van der Waals surface area contributed by atoms with E-state index in [9.17, 15) is 18.0 Å². The molecule has 0 fully saturated rings. The molecular formula is C16H13F3IN3O4. The molecule has 0 bridgehead atoms. The fraction of sp³-hybridized carbons (Fsp3) is 0.125. The number of amides is 1. The Kier molecular flexibility index (Phi) is 7.38. The molecule has 0 radical (unpaired) electrons. The van der Waals surface area contributed by atoms with Crippen molar-refractivity contribution in [2.24, 2.45) is 5.16 Å². The summed E-state index contributed by atoms with van der Waals surface area (Å²) in [5.74, 6) is -4.78. The molecule has 0 heterocycles. The molecule has 0 aliphatic heterocycles. The summed E-state index contributed by atoms with van der Waals surface area (Å²) in [5.41, 5.74) is -0.527. The van der Waals surface area contributed by atoms with Crippen molar-refractivity contribution in [1.29, 1.82) is 0 Å². The molecule has 1 amide bonds. The predicted octanol–water partition coefficient (Wildman–Crippen LogP) is 2.91. The number of carbonyl (C=O) groups excluding carboxylic acids is 1. The second-order valence-electron chi connectivity index (χ2n) is 5.00. The highest BCUT2D eigenvalue weighted by Gasteiger charge is 2.23. The number of nitrogens with one attached hydrogen (secondary N) is 2. The van der Waals surface area contributed by atoms with Crippen molar-refractivity contribution in [3.63, 3.8) is 0 Å². The topological polar surface area (TPSA) is 103 Å². The van der Waals surface area contributed by atoms with Crippen LogP contribution in [0.15, 0.2) is 29.4 Å². The summed E-state index contributed by atoms with van der Waals surface area (Å²) in [6.07, 6.45) is 0.789. The first-order valence-corrected chi connectivity index (χ1v) is 8.41. The molecule has 144 valence electrons. The minimum absolute atomic E-state index is 0.170. The van der Waals surface area contributed by atoms with E-state index in [2.05, 4.69) is 15.3 Å². The SMILES string of the molecule is O=C(NO)c1cc(C=NOCCO)c(F)c(F)c1Nc1ccc(I)cc1F. The van der Waals surface area contributed by atoms with Gasteiger partial charge in [-0.3, -0.25) is 10.0 Å². The largest absolute Gasteiger partial charge is 0.393 e. The summed E-state index contributed by atoms with van der Waals surface area (Å²) in [5, 5.41) is 23.1. The maximum absolute atomic E-state index is 14.5. The number of anilines is 2. The lowest BCUT2D eigenvalue weighted by atomic mass is 10.1. The summed E-state index contributed by atoms with van der Waals surface area (Å²) >= 11 is 1.87. The third-order valence-electron chi connectivity index (χ3n) is 3.22. The van der Waals surface area contributed by atoms with Crippen LogP contribution in [0.2, 0.25) is 0 Å². The summed E-state index contributed by atoms with van der Waals surface area (Å²) in [6, 6.07) is 4.85. The summed E-state index contributed by atoms with van der Waals surface area (Å²) in [6.45, 7) is -0.507. The maximum Gasteiger partial charge on any atom is 0.276 e. The van der Waals surface area contributed by atoms with Crippen LogP contribution in [-0.2, 0) is 4.84 Å². The number of nitrogens with zero attached hydrogens (tertiary/aromatic N) is 1. The van der Waals surface area contributed by atoms with Crippen LogP contribution in [0.25, 0.3) is 0 Å². The van der Waals surface area contributed by atoms with Crippen LogP contribution in [0.5, 0.6) is 0 Å². The van der Waals surface area contributed by atoms with Gasteiger partial charge in [0, 0.05) is 9.13 Å². The highest BCUT2D eigenvalue weighted by Crippen LogP contribution is 2.30. The first-order chi connectivity index (χ1) is 12.9. The van der Waals surface area contributed by atoms with Crippen LogP contribution < -0.4 is 10.8 Å². The van der Waals surface area contributed by atoms with E-state index < -0.39 is 40.2 Å². The van der Waals surface area contributed by atoms with Gasteiger partial charge in [0.25, 0.3) is 5.91 Å². The molecule has 0 unspecified atom stereocenters. The van der Waals surface area contributed by atoms with Gasteiger partial charge in [-0.15, -0.1) is 0 Å². The van der Waals surface area contributed by atoms with E-state index in [1.54, 1.807) is 0 Å². The Morgan fingerprint density at radius 1 is 1.26 bits per heavy atom. The lowest BCUT2D eigenvalue weighted by Gasteiger charge is -2.14. The summed E-state index contributed by atoms with van der Waals surface area (Å²) in [7, 11) is 0. The quantitative estimate of drug-likeness (QED) is 0.156. The fourth-order valence-electron chi connectivity index (χ4n) is 2.01. The number of aliphatic hydroxyl groups is 1. The molecule has 2 aromatic carbocycles. The number of halogens is 4. The second-order valence-corrected chi connectivity index (χ2v) is 6.24. The van der Waals surface area contributed by atoms with Crippen molar-refractivity contribution >= 4 is 46.1 Å². The van der Waals surface area contributed by atoms with Gasteiger partial charge in [0.15, 0.2) is 11.6 Å². The van der Waals surface area contributed by atoms with Crippen molar-refractivity contribution in [3.8, 4) is 0 Å². The van der Waals surface area contributed by atoms with E-state index in [0.29, 0.717) is 3.57 Å². The van der Waals surface area contributed by atoms with Gasteiger partial charge in [0.1, 0.15) is 12.4 Å². The van der Waals surface area contributed by atoms with Crippen molar-refractivity contribution in [1.82, 2.24) is 5.48 Å². The van der Waals surface area contributed by atoms with Gasteiger partial charge in [-0.1, -0.05) is 5.16 Å². The van der Waals surface area contributed by atoms with Crippen molar-refractivity contribution < 1.29 is 33.1 Å². The van der Waals surface area contributed by atoms with Crippen LogP contribution in [0.4, 0.5) is 24.5 Å². The number of rotatable bonds is 7. The number of benzene rings is 2. The van der Waals surface area contributed by atoms with Crippen LogP contribution in [0.1, 0.15) is 15.9 Å². The number of hydroxylamine groups is 1. The lowest BCUT2D eigenvalue weighted by molar-refractivity contribution is 0.0706. The van der Waals surface area contributed by atoms with Gasteiger partial charge in [-0.05, 0) is 46.9 Å². The van der Waals surface area contributed by atoms with Gasteiger partial charge in [0.2, 0.25) is 0 Å². The second kappa shape index (κ2) is 9.53. The van der Waals surface area contributed by atoms with E-state index in [-0.39, 0.29) is 18.9 Å². The fourth-order valence-corrected chi connectivity index (χ4v) is 2.47. The molecule has 0 aromatic heterocycles. The Balaban J connectivity index is 2.50. The molecule has 7 nitrogen and oxygen atoms in total. The Labute approximate surface area is 164 Å². The minimum Gasteiger partial charge on any atom is -0.393 e. The zero-order valence-electron chi connectivity index (χ0n) is 13.5. The van der Waals surface area contributed by atoms with Gasteiger partial charge in [-0.2, -0.15) is 0 Å². The van der Waals surface area contributed by atoms with Gasteiger partial charge in [-0.25, -0.2) is 18.7 Å². The Hall–Kier alpha value is -2.38. The number of hydrogen-bond donors (Lipinski definition) is 4. The Morgan fingerprint density at radius 2 is 2.00 bits per heavy atom. The van der Waals surface area contributed by atoms with E-state index in [1.807, 2.05) is 22.6 Å². The first-order valence-electron chi connectivity index (χ1n) is 7.33. The molecule has 0 saturated carbocycles. The van der Waals surface area contributed by atoms with E-state index >= 15 is 0 Å². The Bertz CT molecular complexity index is 880. The van der Waals surface area contributed by atoms with Crippen molar-refractivity contribution in [3.05, 3.63) is 56.4 Å². The maximum atomic E-state index is 14.5. The molecule has 27 heavy (non-hydrogen) atoms. The molecule has 0 aliphatic rings. The van der Waals surface area contributed by atoms with Crippen LogP contribution in [-0.4, -0.2) is 35.6 Å². The third-order valence-corrected chi connectivity index (χ3v) is 3.89. The molecule has 0 spiro atoms. The minimum atomic E-state index is -1.49. The molecule has 0 aliphatic carbocycles. The third kappa shape index (κ3) is 5.08. The lowest BCUT2D eigenvalue weighted by Crippen LogP contribution is -2.21. The average molecular weight is 495 g/mol. The average Bonchev–Trinajstić information content (AvgIpc) is 2.65. The van der Waals surface area contributed by atoms with Crippen molar-refractivity contribution in [2.75, 3.05) is 18.5 Å². The molecule has 2 aromatic rings. The first kappa shape index (κ1) is 20.9. The van der Waals surface area contributed by atoms with E-state index in [4.69, 9.17) is 10.3 Å². The molecule has 11 heteroatoms. The normalized spacial score (nSPS) is 10.9. The number of carbonyl (C=O) groups is 1. The monoisotopic (exact) mass is 495 g/mol. The number of aliphatic hydroxyl groups excluding tert-OH is 1. The number of oxime groups is 1. The molecular weight excluding hydrogens is 482 g/mol. The molecule has 0 atom stereocenters. The van der Waals surface area contributed by atoms with Gasteiger partial charge < -0.3 is 15.3 Å². The van der Waals surface area contributed by atoms with Crippen LogP contribution >= 0.6 is 22.6 Å². The molecule has 2 rings (SSSR count). The zero-order chi connectivity index (χ0) is 20.0. The van der Waals surface area contributed by atoms with Crippen LogP contribution in [0, 0.1) is 21.0 Å². The van der Waals surface area contributed by atoms with Crippen molar-refractivity contribution in [2.45, 2.75) is 0 Å². The van der Waals surface area contributed by atoms with E-state index in [1.165, 1.54) is 17.6 Å². The summed E-state index contributed by atoms with van der Waals surface area (Å²) in [4.78, 5) is 16.4. The van der Waals surface area contributed by atoms with Gasteiger partial charge in [0.05, 0.1) is 29.8 Å². The smallest absolute Gasteiger partial charge is 0.276 e. The number of hydrogen-bond acceptors (Lipinski definition) is 6. The highest BCUT2D eigenvalue weighted by atomic mass is 127. The Morgan fingerprint density at radius 3 is 2.63 bits per heavy atom. The van der Waals surface area contributed by atoms with Crippen LogP contribution in [0.3, 0.4) is 0 Å². The molecule has 0 saturated heterocycles. The van der Waals surface area contributed by atoms with Gasteiger partial charge >= 0.3 is 0 Å². The van der Waals surface area contributed by atoms with E-state index in [0.717, 1.165) is 18.3 Å². The zero-order valence-corrected chi connectivity index (χ0v) is 15.6. The predicted molar refractivity (Wildman–Crippen MR) is 98.6 cm³/mol.